The van der Waals surface area contributed by atoms with Crippen molar-refractivity contribution in [1.29, 1.82) is 0 Å². The minimum absolute atomic E-state index is 0.871. The minimum atomic E-state index is 0.871. The van der Waals surface area contributed by atoms with E-state index in [0.717, 1.165) is 44.4 Å². The van der Waals surface area contributed by atoms with Crippen molar-refractivity contribution in [2.24, 2.45) is 0 Å². The zero-order valence-corrected chi connectivity index (χ0v) is 29.4. The largest absolute Gasteiger partial charge is 0.455 e. The molecule has 10 aromatic carbocycles. The molecule has 1 heterocycles. The van der Waals surface area contributed by atoms with Gasteiger partial charge in [0.25, 0.3) is 0 Å². The van der Waals surface area contributed by atoms with Gasteiger partial charge in [-0.25, -0.2) is 0 Å². The Kier molecular flexibility index (Phi) is 6.90. The van der Waals surface area contributed by atoms with Crippen LogP contribution in [0.5, 0.6) is 0 Å². The Bertz CT molecular complexity index is 3200. The number of nitrogens with zero attached hydrogens (tertiary/aromatic N) is 1. The summed E-state index contributed by atoms with van der Waals surface area (Å²) in [5.74, 6) is 0. The maximum Gasteiger partial charge on any atom is 0.143 e. The maximum absolute atomic E-state index is 6.67. The van der Waals surface area contributed by atoms with Crippen LogP contribution in [0.4, 0.5) is 17.1 Å². The first-order valence-corrected chi connectivity index (χ1v) is 18.5. The third-order valence-electron chi connectivity index (χ3n) is 11.0. The molecule has 0 spiro atoms. The number of benzene rings is 10. The number of fused-ring (bicyclic) bond motifs is 9. The van der Waals surface area contributed by atoms with Crippen molar-refractivity contribution < 1.29 is 4.42 Å². The summed E-state index contributed by atoms with van der Waals surface area (Å²) in [5, 5.41) is 12.1. The molecule has 0 amide bonds. The Morgan fingerprint density at radius 1 is 0.296 bits per heavy atom. The summed E-state index contributed by atoms with van der Waals surface area (Å²) in [4.78, 5) is 2.33. The first kappa shape index (κ1) is 30.5. The van der Waals surface area contributed by atoms with Crippen molar-refractivity contribution in [2.75, 3.05) is 4.90 Å². The summed E-state index contributed by atoms with van der Waals surface area (Å²) in [7, 11) is 0. The topological polar surface area (TPSA) is 16.4 Å². The molecule has 0 radical (unpaired) electrons. The molecule has 252 valence electrons. The summed E-state index contributed by atoms with van der Waals surface area (Å²) in [5.41, 5.74) is 9.82. The number of hydrogen-bond acceptors (Lipinski definition) is 2. The summed E-state index contributed by atoms with van der Waals surface area (Å²) in [6.07, 6.45) is 0. The predicted molar refractivity (Wildman–Crippen MR) is 229 cm³/mol. The predicted octanol–water partition coefficient (Wildman–Crippen LogP) is 15.0. The third-order valence-corrected chi connectivity index (χ3v) is 11.0. The van der Waals surface area contributed by atoms with E-state index in [-0.39, 0.29) is 0 Å². The van der Waals surface area contributed by atoms with Gasteiger partial charge in [-0.05, 0) is 108 Å². The molecule has 0 aliphatic rings. The van der Waals surface area contributed by atoms with Gasteiger partial charge in [-0.3, -0.25) is 0 Å². The lowest BCUT2D eigenvalue weighted by molar-refractivity contribution is 0.672. The van der Waals surface area contributed by atoms with Crippen molar-refractivity contribution in [1.82, 2.24) is 0 Å². The van der Waals surface area contributed by atoms with Gasteiger partial charge in [-0.15, -0.1) is 0 Å². The van der Waals surface area contributed by atoms with E-state index < -0.39 is 0 Å². The molecule has 2 nitrogen and oxygen atoms in total. The van der Waals surface area contributed by atoms with Gasteiger partial charge in [0.2, 0.25) is 0 Å². The fourth-order valence-electron chi connectivity index (χ4n) is 8.43. The van der Waals surface area contributed by atoms with Crippen molar-refractivity contribution in [3.63, 3.8) is 0 Å². The van der Waals surface area contributed by atoms with E-state index in [2.05, 4.69) is 205 Å². The van der Waals surface area contributed by atoms with Crippen LogP contribution in [0.3, 0.4) is 0 Å². The second-order valence-electron chi connectivity index (χ2n) is 14.1. The summed E-state index contributed by atoms with van der Waals surface area (Å²) >= 11 is 0. The van der Waals surface area contributed by atoms with Crippen LogP contribution in [-0.2, 0) is 0 Å². The second-order valence-corrected chi connectivity index (χ2v) is 14.1. The Morgan fingerprint density at radius 3 is 1.57 bits per heavy atom. The number of hydrogen-bond donors (Lipinski definition) is 0. The first-order chi connectivity index (χ1) is 26.8. The Labute approximate surface area is 312 Å². The smallest absolute Gasteiger partial charge is 0.143 e. The van der Waals surface area contributed by atoms with E-state index in [9.17, 15) is 0 Å². The molecular weight excluding hydrogens is 655 g/mol. The first-order valence-electron chi connectivity index (χ1n) is 18.5. The van der Waals surface area contributed by atoms with Crippen molar-refractivity contribution >= 4 is 82.1 Å². The van der Waals surface area contributed by atoms with E-state index in [1.54, 1.807) is 0 Å². The van der Waals surface area contributed by atoms with E-state index in [1.807, 2.05) is 0 Å². The highest BCUT2D eigenvalue weighted by Gasteiger charge is 2.18. The highest BCUT2D eigenvalue weighted by molar-refractivity contribution is 6.16. The molecular formula is C52H33NO. The van der Waals surface area contributed by atoms with Crippen LogP contribution in [0.15, 0.2) is 205 Å². The van der Waals surface area contributed by atoms with E-state index in [4.69, 9.17) is 4.42 Å². The molecule has 0 aliphatic carbocycles. The van der Waals surface area contributed by atoms with E-state index >= 15 is 0 Å². The molecule has 0 bridgehead atoms. The van der Waals surface area contributed by atoms with E-state index in [0.29, 0.717) is 0 Å². The zero-order valence-electron chi connectivity index (χ0n) is 29.4. The highest BCUT2D eigenvalue weighted by atomic mass is 16.3. The van der Waals surface area contributed by atoms with Gasteiger partial charge in [0.15, 0.2) is 0 Å². The Balaban J connectivity index is 1.06. The van der Waals surface area contributed by atoms with Crippen LogP contribution in [0.25, 0.3) is 87.3 Å². The highest BCUT2D eigenvalue weighted by Crippen LogP contribution is 2.42. The fraction of sp³-hybridized carbons (Fsp3) is 0. The minimum Gasteiger partial charge on any atom is -0.455 e. The number of furan rings is 1. The average Bonchev–Trinajstić information content (AvgIpc) is 3.62. The summed E-state index contributed by atoms with van der Waals surface area (Å²) < 4.78 is 6.67. The lowest BCUT2D eigenvalue weighted by Crippen LogP contribution is -2.09. The van der Waals surface area contributed by atoms with Crippen molar-refractivity contribution in [3.8, 4) is 22.3 Å². The second kappa shape index (κ2) is 12.2. The fourth-order valence-corrected chi connectivity index (χ4v) is 8.43. The number of rotatable bonds is 5. The van der Waals surface area contributed by atoms with Crippen LogP contribution < -0.4 is 4.90 Å². The van der Waals surface area contributed by atoms with Crippen LogP contribution >= 0.6 is 0 Å². The molecule has 0 aliphatic heterocycles. The Hall–Kier alpha value is -7.16. The third kappa shape index (κ3) is 4.88. The van der Waals surface area contributed by atoms with Crippen LogP contribution in [0.2, 0.25) is 0 Å². The van der Waals surface area contributed by atoms with Crippen LogP contribution in [0, 0.1) is 0 Å². The van der Waals surface area contributed by atoms with Crippen molar-refractivity contribution in [3.05, 3.63) is 200 Å². The molecule has 1 aromatic heterocycles. The van der Waals surface area contributed by atoms with E-state index in [1.165, 1.54) is 60.0 Å². The van der Waals surface area contributed by atoms with Gasteiger partial charge >= 0.3 is 0 Å². The molecule has 0 N–H and O–H groups in total. The summed E-state index contributed by atoms with van der Waals surface area (Å²) in [6, 6.07) is 72.2. The Morgan fingerprint density at radius 2 is 0.833 bits per heavy atom. The average molecular weight is 688 g/mol. The molecule has 2 heteroatoms. The van der Waals surface area contributed by atoms with Gasteiger partial charge < -0.3 is 9.32 Å². The van der Waals surface area contributed by atoms with Gasteiger partial charge in [0.05, 0.1) is 0 Å². The monoisotopic (exact) mass is 687 g/mol. The van der Waals surface area contributed by atoms with Crippen LogP contribution in [0.1, 0.15) is 0 Å². The van der Waals surface area contributed by atoms with Crippen molar-refractivity contribution in [2.45, 2.75) is 0 Å². The van der Waals surface area contributed by atoms with Gasteiger partial charge in [-0.2, -0.15) is 0 Å². The quantitative estimate of drug-likeness (QED) is 0.168. The van der Waals surface area contributed by atoms with Gasteiger partial charge in [0.1, 0.15) is 11.2 Å². The number of anilines is 3. The molecule has 11 aromatic rings. The molecule has 0 saturated carbocycles. The molecule has 0 unspecified atom stereocenters. The normalized spacial score (nSPS) is 11.7. The molecule has 54 heavy (non-hydrogen) atoms. The molecule has 0 saturated heterocycles. The zero-order chi connectivity index (χ0) is 35.6. The van der Waals surface area contributed by atoms with Gasteiger partial charge in [-0.1, -0.05) is 146 Å². The maximum atomic E-state index is 6.67. The standard InChI is InChI=1S/C52H33NO/c1-4-14-42-34(10-1)13-9-19-43(42)36-20-25-39(26-21-36)53(41-29-31-48-49-30-24-35-11-2-6-16-45(35)52(49)54-51(48)33-41)40-27-22-37(23-28-40)50-32-38-12-3-5-15-44(38)46-17-7-8-18-47(46)50/h1-33H. The molecule has 0 fully saturated rings. The van der Waals surface area contributed by atoms with Gasteiger partial charge in [0, 0.05) is 39.3 Å². The lowest BCUT2D eigenvalue weighted by Gasteiger charge is -2.26. The summed E-state index contributed by atoms with van der Waals surface area (Å²) in [6.45, 7) is 0. The SMILES string of the molecule is c1ccc2c(-c3ccc(N(c4ccc(-c5cc6ccccc6c6ccccc56)cc4)c4ccc5c(c4)oc4c6ccccc6ccc54)cc3)cccc2c1. The van der Waals surface area contributed by atoms with Crippen LogP contribution in [-0.4, -0.2) is 0 Å². The molecule has 11 rings (SSSR count). The lowest BCUT2D eigenvalue weighted by atomic mass is 9.93. The molecule has 0 atom stereocenters.